The van der Waals surface area contributed by atoms with Crippen LogP contribution in [0.3, 0.4) is 0 Å². The third-order valence-corrected chi connectivity index (χ3v) is 3.29. The minimum absolute atomic E-state index is 0.687. The third-order valence-electron chi connectivity index (χ3n) is 2.98. The second-order valence-corrected chi connectivity index (χ2v) is 5.02. The average molecular weight is 291 g/mol. The van der Waals surface area contributed by atoms with Gasteiger partial charge in [-0.3, -0.25) is 0 Å². The molecule has 0 amide bonds. The third kappa shape index (κ3) is 3.39. The summed E-state index contributed by atoms with van der Waals surface area (Å²) in [6, 6.07) is 7.69. The Bertz CT molecular complexity index is 578. The van der Waals surface area contributed by atoms with Crippen LogP contribution in [0, 0.1) is 6.92 Å². The molecule has 1 heterocycles. The Labute approximate surface area is 124 Å². The lowest BCUT2D eigenvalue weighted by atomic mass is 10.2. The van der Waals surface area contributed by atoms with E-state index in [0.717, 1.165) is 41.6 Å². The van der Waals surface area contributed by atoms with Crippen LogP contribution >= 0.6 is 11.6 Å². The molecule has 5 heteroatoms. The van der Waals surface area contributed by atoms with Gasteiger partial charge in [-0.2, -0.15) is 0 Å². The molecule has 0 saturated heterocycles. The molecular formula is C15H19ClN4. The number of halogens is 1. The van der Waals surface area contributed by atoms with Crippen LogP contribution in [0.4, 0.5) is 17.3 Å². The van der Waals surface area contributed by atoms with Gasteiger partial charge < -0.3 is 10.6 Å². The summed E-state index contributed by atoms with van der Waals surface area (Å²) in [5.74, 6) is 2.38. The average Bonchev–Trinajstić information content (AvgIpc) is 2.43. The van der Waals surface area contributed by atoms with E-state index in [-0.39, 0.29) is 0 Å². The molecule has 2 N–H and O–H groups in total. The maximum absolute atomic E-state index is 6.23. The lowest BCUT2D eigenvalue weighted by Crippen LogP contribution is -2.04. The van der Waals surface area contributed by atoms with Crippen molar-refractivity contribution < 1.29 is 0 Å². The van der Waals surface area contributed by atoms with Crippen molar-refractivity contribution >= 4 is 28.9 Å². The van der Waals surface area contributed by atoms with Gasteiger partial charge in [0.15, 0.2) is 0 Å². The van der Waals surface area contributed by atoms with E-state index in [0.29, 0.717) is 5.02 Å². The van der Waals surface area contributed by atoms with Crippen LogP contribution in [0.5, 0.6) is 0 Å². The van der Waals surface area contributed by atoms with Crippen molar-refractivity contribution in [2.24, 2.45) is 0 Å². The van der Waals surface area contributed by atoms with Gasteiger partial charge in [-0.1, -0.05) is 30.7 Å². The summed E-state index contributed by atoms with van der Waals surface area (Å²) in [6.07, 6.45) is 1.86. The summed E-state index contributed by atoms with van der Waals surface area (Å²) in [5.41, 5.74) is 1.97. The van der Waals surface area contributed by atoms with E-state index in [1.54, 1.807) is 0 Å². The summed E-state index contributed by atoms with van der Waals surface area (Å²) in [7, 11) is 1.85. The molecule has 0 atom stereocenters. The molecule has 2 rings (SSSR count). The van der Waals surface area contributed by atoms with Crippen LogP contribution in [0.2, 0.25) is 5.02 Å². The summed E-state index contributed by atoms with van der Waals surface area (Å²) in [5, 5.41) is 7.03. The number of nitrogens with zero attached hydrogens (tertiary/aromatic N) is 2. The van der Waals surface area contributed by atoms with E-state index in [1.807, 2.05) is 38.2 Å². The van der Waals surface area contributed by atoms with Crippen molar-refractivity contribution in [3.8, 4) is 0 Å². The van der Waals surface area contributed by atoms with Crippen molar-refractivity contribution in [2.45, 2.75) is 26.7 Å². The highest BCUT2D eigenvalue weighted by atomic mass is 35.5. The van der Waals surface area contributed by atoms with E-state index in [2.05, 4.69) is 27.5 Å². The molecule has 0 aliphatic rings. The number of aromatic nitrogens is 2. The second-order valence-electron chi connectivity index (χ2n) is 4.61. The van der Waals surface area contributed by atoms with Crippen LogP contribution in [0.25, 0.3) is 0 Å². The first-order valence-electron chi connectivity index (χ1n) is 6.72. The zero-order valence-corrected chi connectivity index (χ0v) is 12.8. The molecule has 0 radical (unpaired) electrons. The highest BCUT2D eigenvalue weighted by Crippen LogP contribution is 2.28. The summed E-state index contributed by atoms with van der Waals surface area (Å²) >= 11 is 6.23. The molecular weight excluding hydrogens is 272 g/mol. The molecule has 4 nitrogen and oxygen atoms in total. The minimum Gasteiger partial charge on any atom is -0.373 e. The molecule has 0 spiro atoms. The number of para-hydroxylation sites is 1. The lowest BCUT2D eigenvalue weighted by Gasteiger charge is -2.12. The van der Waals surface area contributed by atoms with Crippen molar-refractivity contribution in [1.82, 2.24) is 9.97 Å². The predicted molar refractivity (Wildman–Crippen MR) is 85.0 cm³/mol. The van der Waals surface area contributed by atoms with Crippen LogP contribution < -0.4 is 10.6 Å². The SMILES string of the molecule is CCCc1nc(NC)cc(Nc2c(C)cccc2Cl)n1. The summed E-state index contributed by atoms with van der Waals surface area (Å²) < 4.78 is 0. The zero-order chi connectivity index (χ0) is 14.5. The summed E-state index contributed by atoms with van der Waals surface area (Å²) in [6.45, 7) is 4.13. The number of aryl methyl sites for hydroxylation is 2. The number of rotatable bonds is 5. The Morgan fingerprint density at radius 3 is 2.60 bits per heavy atom. The smallest absolute Gasteiger partial charge is 0.136 e. The summed E-state index contributed by atoms with van der Waals surface area (Å²) in [4.78, 5) is 8.96. The van der Waals surface area contributed by atoms with Crippen LogP contribution in [0.1, 0.15) is 24.7 Å². The van der Waals surface area contributed by atoms with Gasteiger partial charge in [0.25, 0.3) is 0 Å². The van der Waals surface area contributed by atoms with Gasteiger partial charge in [0.05, 0.1) is 10.7 Å². The standard InChI is InChI=1S/C15H19ClN4/c1-4-6-12-18-13(17-3)9-14(19-12)20-15-10(2)7-5-8-11(15)16/h5,7-9H,4,6H2,1-3H3,(H2,17,18,19,20). The fraction of sp³-hybridized carbons (Fsp3) is 0.333. The number of benzene rings is 1. The second kappa shape index (κ2) is 6.57. The van der Waals surface area contributed by atoms with Gasteiger partial charge in [0.1, 0.15) is 17.5 Å². The predicted octanol–water partition coefficient (Wildman–Crippen LogP) is 4.18. The first kappa shape index (κ1) is 14.6. The fourth-order valence-corrected chi connectivity index (χ4v) is 2.21. The molecule has 0 bridgehead atoms. The van der Waals surface area contributed by atoms with Gasteiger partial charge in [-0.25, -0.2) is 9.97 Å². The number of anilines is 3. The van der Waals surface area contributed by atoms with Crippen molar-refractivity contribution in [3.05, 3.63) is 40.7 Å². The molecule has 0 aliphatic heterocycles. The van der Waals surface area contributed by atoms with E-state index < -0.39 is 0 Å². The Morgan fingerprint density at radius 2 is 1.95 bits per heavy atom. The highest BCUT2D eigenvalue weighted by Gasteiger charge is 2.07. The molecule has 0 saturated carbocycles. The molecule has 2 aromatic rings. The fourth-order valence-electron chi connectivity index (χ4n) is 1.94. The van der Waals surface area contributed by atoms with E-state index in [9.17, 15) is 0 Å². The van der Waals surface area contributed by atoms with E-state index >= 15 is 0 Å². The molecule has 1 aromatic carbocycles. The Hall–Kier alpha value is -1.81. The van der Waals surface area contributed by atoms with Gasteiger partial charge in [0, 0.05) is 19.5 Å². The van der Waals surface area contributed by atoms with Crippen LogP contribution in [-0.4, -0.2) is 17.0 Å². The Balaban J connectivity index is 2.35. The first-order chi connectivity index (χ1) is 9.63. The Kier molecular flexibility index (Phi) is 4.79. The maximum atomic E-state index is 6.23. The maximum Gasteiger partial charge on any atom is 0.136 e. The van der Waals surface area contributed by atoms with E-state index in [4.69, 9.17) is 11.6 Å². The van der Waals surface area contributed by atoms with E-state index in [1.165, 1.54) is 0 Å². The quantitative estimate of drug-likeness (QED) is 0.867. The van der Waals surface area contributed by atoms with Crippen molar-refractivity contribution in [3.63, 3.8) is 0 Å². The van der Waals surface area contributed by atoms with Crippen molar-refractivity contribution in [1.29, 1.82) is 0 Å². The Morgan fingerprint density at radius 1 is 1.20 bits per heavy atom. The number of nitrogens with one attached hydrogen (secondary N) is 2. The van der Waals surface area contributed by atoms with Gasteiger partial charge in [-0.15, -0.1) is 0 Å². The number of hydrogen-bond donors (Lipinski definition) is 2. The van der Waals surface area contributed by atoms with Gasteiger partial charge >= 0.3 is 0 Å². The van der Waals surface area contributed by atoms with Crippen molar-refractivity contribution in [2.75, 3.05) is 17.7 Å². The molecule has 106 valence electrons. The number of hydrogen-bond acceptors (Lipinski definition) is 4. The first-order valence-corrected chi connectivity index (χ1v) is 7.09. The van der Waals surface area contributed by atoms with Crippen LogP contribution in [-0.2, 0) is 6.42 Å². The molecule has 0 fully saturated rings. The highest BCUT2D eigenvalue weighted by molar-refractivity contribution is 6.33. The lowest BCUT2D eigenvalue weighted by molar-refractivity contribution is 0.838. The van der Waals surface area contributed by atoms with Gasteiger partial charge in [-0.05, 0) is 25.0 Å². The topological polar surface area (TPSA) is 49.8 Å². The molecule has 0 unspecified atom stereocenters. The normalized spacial score (nSPS) is 10.4. The largest absolute Gasteiger partial charge is 0.373 e. The molecule has 20 heavy (non-hydrogen) atoms. The van der Waals surface area contributed by atoms with Gasteiger partial charge in [0.2, 0.25) is 0 Å². The minimum atomic E-state index is 0.687. The monoisotopic (exact) mass is 290 g/mol. The zero-order valence-electron chi connectivity index (χ0n) is 12.0. The molecule has 0 aliphatic carbocycles. The van der Waals surface area contributed by atoms with Crippen LogP contribution in [0.15, 0.2) is 24.3 Å². The molecule has 1 aromatic heterocycles.